The van der Waals surface area contributed by atoms with Gasteiger partial charge < -0.3 is 24.4 Å². The van der Waals surface area contributed by atoms with E-state index in [4.69, 9.17) is 14.2 Å². The van der Waals surface area contributed by atoms with Crippen molar-refractivity contribution >= 4 is 18.0 Å². The number of ether oxygens (including phenoxy) is 3. The Bertz CT molecular complexity index is 558. The quantitative estimate of drug-likeness (QED) is 0.614. The Hall–Kier alpha value is -1.83. The molecule has 1 saturated heterocycles. The summed E-state index contributed by atoms with van der Waals surface area (Å²) in [4.78, 5) is 39.1. The number of hydrogen-bond acceptors (Lipinski definition) is 6. The molecule has 0 radical (unpaired) electrons. The second kappa shape index (κ2) is 11.4. The molecule has 1 rings (SSSR count). The van der Waals surface area contributed by atoms with Crippen LogP contribution in [0.25, 0.3) is 0 Å². The molecule has 168 valence electrons. The molecule has 0 saturated carbocycles. The van der Waals surface area contributed by atoms with Crippen LogP contribution in [0.5, 0.6) is 0 Å². The Kier molecular flexibility index (Phi) is 9.89. The molecule has 1 aliphatic heterocycles. The molecule has 2 amide bonds. The first-order chi connectivity index (χ1) is 13.5. The van der Waals surface area contributed by atoms with E-state index in [-0.39, 0.29) is 25.0 Å². The third-order valence-corrected chi connectivity index (χ3v) is 4.63. The van der Waals surface area contributed by atoms with E-state index in [9.17, 15) is 14.4 Å². The molecule has 0 spiro atoms. The summed E-state index contributed by atoms with van der Waals surface area (Å²) >= 11 is 0. The summed E-state index contributed by atoms with van der Waals surface area (Å²) in [6.07, 6.45) is 0.590. The lowest BCUT2D eigenvalue weighted by Gasteiger charge is -2.37. The van der Waals surface area contributed by atoms with Crippen molar-refractivity contribution in [2.45, 2.75) is 66.0 Å². The van der Waals surface area contributed by atoms with E-state index in [0.29, 0.717) is 25.6 Å². The van der Waals surface area contributed by atoms with Gasteiger partial charge in [-0.2, -0.15) is 0 Å². The number of carbonyl (C=O) groups is 3. The standard InChI is InChI=1S/C21H38N2O6/c1-8-28-13-17(9-14(2)3)22-18(24)15-10-16(19(25)27-7)12-23(11-15)20(26)29-21(4,5)6/h14-17H,8-13H2,1-7H3,(H,22,24)/t15-,16+,17+/m0/s1. The monoisotopic (exact) mass is 414 g/mol. The lowest BCUT2D eigenvalue weighted by molar-refractivity contribution is -0.148. The summed E-state index contributed by atoms with van der Waals surface area (Å²) in [6, 6.07) is -0.115. The van der Waals surface area contributed by atoms with Gasteiger partial charge in [0.1, 0.15) is 5.60 Å². The fourth-order valence-corrected chi connectivity index (χ4v) is 3.42. The Morgan fingerprint density at radius 1 is 1.14 bits per heavy atom. The molecule has 8 heteroatoms. The molecule has 3 atom stereocenters. The molecule has 1 heterocycles. The van der Waals surface area contributed by atoms with E-state index < -0.39 is 29.5 Å². The molecular formula is C21H38N2O6. The number of amides is 2. The maximum atomic E-state index is 13.0. The highest BCUT2D eigenvalue weighted by molar-refractivity contribution is 5.82. The smallest absolute Gasteiger partial charge is 0.410 e. The Balaban J connectivity index is 2.90. The fraction of sp³-hybridized carbons (Fsp3) is 0.857. The van der Waals surface area contributed by atoms with Crippen molar-refractivity contribution in [1.29, 1.82) is 0 Å². The highest BCUT2D eigenvalue weighted by atomic mass is 16.6. The summed E-state index contributed by atoms with van der Waals surface area (Å²) in [7, 11) is 1.31. The second-order valence-electron chi connectivity index (χ2n) is 9.03. The molecule has 0 aromatic rings. The fourth-order valence-electron chi connectivity index (χ4n) is 3.42. The minimum absolute atomic E-state index is 0.115. The number of methoxy groups -OCH3 is 1. The van der Waals surface area contributed by atoms with Gasteiger partial charge in [-0.25, -0.2) is 4.79 Å². The van der Waals surface area contributed by atoms with Gasteiger partial charge in [-0.05, 0) is 46.5 Å². The Labute approximate surface area is 174 Å². The normalized spacial score (nSPS) is 20.9. The predicted molar refractivity (Wildman–Crippen MR) is 109 cm³/mol. The molecule has 0 unspecified atom stereocenters. The third-order valence-electron chi connectivity index (χ3n) is 4.63. The zero-order valence-electron chi connectivity index (χ0n) is 18.9. The highest BCUT2D eigenvalue weighted by Crippen LogP contribution is 2.25. The van der Waals surface area contributed by atoms with Gasteiger partial charge in [0.15, 0.2) is 0 Å². The Morgan fingerprint density at radius 2 is 1.76 bits per heavy atom. The van der Waals surface area contributed by atoms with Gasteiger partial charge >= 0.3 is 12.1 Å². The van der Waals surface area contributed by atoms with E-state index in [1.54, 1.807) is 20.8 Å². The summed E-state index contributed by atoms with van der Waals surface area (Å²) in [5.41, 5.74) is -0.660. The van der Waals surface area contributed by atoms with Crippen LogP contribution in [-0.2, 0) is 23.8 Å². The molecule has 1 N–H and O–H groups in total. The molecule has 0 bridgehead atoms. The SMILES string of the molecule is CCOC[C@@H](CC(C)C)NC(=O)[C@H]1C[C@@H](C(=O)OC)CN(C(=O)OC(C)(C)C)C1. The van der Waals surface area contributed by atoms with Crippen molar-refractivity contribution in [3.8, 4) is 0 Å². The largest absolute Gasteiger partial charge is 0.469 e. The van der Waals surface area contributed by atoms with Crippen molar-refractivity contribution in [3.63, 3.8) is 0 Å². The van der Waals surface area contributed by atoms with Crippen molar-refractivity contribution in [3.05, 3.63) is 0 Å². The number of nitrogens with one attached hydrogen (secondary N) is 1. The molecular weight excluding hydrogens is 376 g/mol. The average molecular weight is 415 g/mol. The minimum atomic E-state index is -0.660. The number of rotatable bonds is 8. The van der Waals surface area contributed by atoms with Crippen molar-refractivity contribution < 1.29 is 28.6 Å². The number of esters is 1. The number of nitrogens with zero attached hydrogens (tertiary/aromatic N) is 1. The van der Waals surface area contributed by atoms with Crippen LogP contribution < -0.4 is 5.32 Å². The third kappa shape index (κ3) is 9.02. The first-order valence-electron chi connectivity index (χ1n) is 10.4. The van der Waals surface area contributed by atoms with Crippen LogP contribution >= 0.6 is 0 Å². The van der Waals surface area contributed by atoms with E-state index in [1.807, 2.05) is 6.92 Å². The van der Waals surface area contributed by atoms with Crippen molar-refractivity contribution in [1.82, 2.24) is 10.2 Å². The second-order valence-corrected chi connectivity index (χ2v) is 9.03. The zero-order chi connectivity index (χ0) is 22.2. The molecule has 0 aromatic carbocycles. The van der Waals surface area contributed by atoms with Gasteiger partial charge in [-0.15, -0.1) is 0 Å². The average Bonchev–Trinajstić information content (AvgIpc) is 2.63. The van der Waals surface area contributed by atoms with Gasteiger partial charge in [-0.1, -0.05) is 13.8 Å². The lowest BCUT2D eigenvalue weighted by atomic mass is 9.88. The van der Waals surface area contributed by atoms with Gasteiger partial charge in [0.25, 0.3) is 0 Å². The van der Waals surface area contributed by atoms with Crippen LogP contribution in [0, 0.1) is 17.8 Å². The van der Waals surface area contributed by atoms with Gasteiger partial charge in [0, 0.05) is 19.7 Å². The maximum absolute atomic E-state index is 13.0. The van der Waals surface area contributed by atoms with Gasteiger partial charge in [-0.3, -0.25) is 9.59 Å². The molecule has 1 fully saturated rings. The number of likely N-dealkylation sites (tertiary alicyclic amines) is 1. The minimum Gasteiger partial charge on any atom is -0.469 e. The predicted octanol–water partition coefficient (Wildman–Crippen LogP) is 2.60. The molecule has 29 heavy (non-hydrogen) atoms. The summed E-state index contributed by atoms with van der Waals surface area (Å²) in [5.74, 6) is -1.29. The van der Waals surface area contributed by atoms with Crippen LogP contribution in [0.4, 0.5) is 4.79 Å². The van der Waals surface area contributed by atoms with Crippen molar-refractivity contribution in [2.75, 3.05) is 33.4 Å². The number of hydrogen-bond donors (Lipinski definition) is 1. The molecule has 1 aliphatic rings. The van der Waals surface area contributed by atoms with Crippen molar-refractivity contribution in [2.24, 2.45) is 17.8 Å². The summed E-state index contributed by atoms with van der Waals surface area (Å²) in [5, 5.41) is 3.04. The van der Waals surface area contributed by atoms with E-state index in [2.05, 4.69) is 19.2 Å². The van der Waals surface area contributed by atoms with E-state index in [0.717, 1.165) is 6.42 Å². The highest BCUT2D eigenvalue weighted by Gasteiger charge is 2.39. The summed E-state index contributed by atoms with van der Waals surface area (Å²) in [6.45, 7) is 12.8. The van der Waals surface area contributed by atoms with E-state index >= 15 is 0 Å². The topological polar surface area (TPSA) is 94.2 Å². The van der Waals surface area contributed by atoms with Crippen LogP contribution in [-0.4, -0.2) is 67.9 Å². The van der Waals surface area contributed by atoms with Crippen LogP contribution in [0.2, 0.25) is 0 Å². The molecule has 0 aliphatic carbocycles. The molecule has 8 nitrogen and oxygen atoms in total. The summed E-state index contributed by atoms with van der Waals surface area (Å²) < 4.78 is 15.8. The lowest BCUT2D eigenvalue weighted by Crippen LogP contribution is -2.53. The number of carbonyl (C=O) groups excluding carboxylic acids is 3. The Morgan fingerprint density at radius 3 is 2.28 bits per heavy atom. The van der Waals surface area contributed by atoms with E-state index in [1.165, 1.54) is 12.0 Å². The van der Waals surface area contributed by atoms with Crippen LogP contribution in [0.15, 0.2) is 0 Å². The molecule has 0 aromatic heterocycles. The van der Waals surface area contributed by atoms with Crippen LogP contribution in [0.3, 0.4) is 0 Å². The van der Waals surface area contributed by atoms with Gasteiger partial charge in [0.05, 0.1) is 31.6 Å². The first kappa shape index (κ1) is 25.2. The van der Waals surface area contributed by atoms with Gasteiger partial charge in [0.2, 0.25) is 5.91 Å². The maximum Gasteiger partial charge on any atom is 0.410 e. The zero-order valence-corrected chi connectivity index (χ0v) is 18.9. The van der Waals surface area contributed by atoms with Crippen LogP contribution in [0.1, 0.15) is 54.4 Å². The number of piperidine rings is 1. The first-order valence-corrected chi connectivity index (χ1v) is 10.4.